The fourth-order valence-corrected chi connectivity index (χ4v) is 2.86. The summed E-state index contributed by atoms with van der Waals surface area (Å²) >= 11 is 1.46. The molecule has 0 saturated carbocycles. The van der Waals surface area contributed by atoms with Crippen molar-refractivity contribution in [1.82, 2.24) is 0 Å². The number of aryl methyl sites for hydroxylation is 1. The van der Waals surface area contributed by atoms with Crippen molar-refractivity contribution in [1.29, 1.82) is 0 Å². The molecule has 0 bridgehead atoms. The van der Waals surface area contributed by atoms with Crippen molar-refractivity contribution in [3.8, 4) is 0 Å². The Morgan fingerprint density at radius 3 is 2.63 bits per heavy atom. The van der Waals surface area contributed by atoms with E-state index in [1.54, 1.807) is 6.07 Å². The van der Waals surface area contributed by atoms with Crippen LogP contribution in [0.2, 0.25) is 0 Å². The van der Waals surface area contributed by atoms with Crippen LogP contribution in [0, 0.1) is 19.7 Å². The van der Waals surface area contributed by atoms with Crippen LogP contribution < -0.4 is 0 Å². The molecule has 0 aliphatic heterocycles. The number of aliphatic hydroxyl groups excluding tert-OH is 1. The Kier molecular flexibility index (Phi) is 4.61. The van der Waals surface area contributed by atoms with Gasteiger partial charge in [-0.15, -0.1) is 11.8 Å². The first-order valence-corrected chi connectivity index (χ1v) is 7.19. The summed E-state index contributed by atoms with van der Waals surface area (Å²) in [5.74, 6) is 0.277. The molecule has 19 heavy (non-hydrogen) atoms. The molecule has 0 saturated heterocycles. The van der Waals surface area contributed by atoms with Gasteiger partial charge in [0.1, 0.15) is 5.82 Å². The molecular formula is C16H17FOS. The largest absolute Gasteiger partial charge is 0.388 e. The first kappa shape index (κ1) is 14.1. The molecule has 100 valence electrons. The van der Waals surface area contributed by atoms with Gasteiger partial charge < -0.3 is 5.11 Å². The van der Waals surface area contributed by atoms with Crippen molar-refractivity contribution in [3.63, 3.8) is 0 Å². The highest BCUT2D eigenvalue weighted by Crippen LogP contribution is 2.27. The van der Waals surface area contributed by atoms with E-state index < -0.39 is 6.10 Å². The van der Waals surface area contributed by atoms with E-state index in [9.17, 15) is 9.50 Å². The lowest BCUT2D eigenvalue weighted by atomic mass is 10.0. The Morgan fingerprint density at radius 1 is 1.16 bits per heavy atom. The van der Waals surface area contributed by atoms with Crippen LogP contribution in [0.1, 0.15) is 22.8 Å². The highest BCUT2D eigenvalue weighted by atomic mass is 32.2. The van der Waals surface area contributed by atoms with Gasteiger partial charge in [0.25, 0.3) is 0 Å². The third-order valence-electron chi connectivity index (χ3n) is 3.21. The third-order valence-corrected chi connectivity index (χ3v) is 4.28. The Hall–Kier alpha value is -1.32. The summed E-state index contributed by atoms with van der Waals surface area (Å²) in [5, 5.41) is 10.2. The van der Waals surface area contributed by atoms with Crippen LogP contribution >= 0.6 is 11.8 Å². The normalized spacial score (nSPS) is 12.4. The first-order chi connectivity index (χ1) is 9.08. The zero-order chi connectivity index (χ0) is 13.8. The van der Waals surface area contributed by atoms with Gasteiger partial charge in [0.15, 0.2) is 0 Å². The van der Waals surface area contributed by atoms with Crippen molar-refractivity contribution in [2.45, 2.75) is 24.8 Å². The average molecular weight is 276 g/mol. The van der Waals surface area contributed by atoms with Crippen LogP contribution in [-0.2, 0) is 0 Å². The lowest BCUT2D eigenvalue weighted by Gasteiger charge is -2.15. The van der Waals surface area contributed by atoms with E-state index in [4.69, 9.17) is 0 Å². The second kappa shape index (κ2) is 6.22. The molecule has 0 fully saturated rings. The summed E-state index contributed by atoms with van der Waals surface area (Å²) in [5.41, 5.74) is 3.24. The summed E-state index contributed by atoms with van der Waals surface area (Å²) < 4.78 is 13.1. The van der Waals surface area contributed by atoms with Crippen LogP contribution in [-0.4, -0.2) is 10.9 Å². The van der Waals surface area contributed by atoms with E-state index >= 15 is 0 Å². The van der Waals surface area contributed by atoms with Crippen LogP contribution in [0.5, 0.6) is 0 Å². The summed E-state index contributed by atoms with van der Waals surface area (Å²) in [4.78, 5) is 0.837. The molecule has 0 aliphatic carbocycles. The molecule has 1 nitrogen and oxygen atoms in total. The number of hydrogen-bond acceptors (Lipinski definition) is 2. The lowest BCUT2D eigenvalue weighted by Crippen LogP contribution is -2.04. The lowest BCUT2D eigenvalue weighted by molar-refractivity contribution is 0.203. The molecule has 0 radical (unpaired) electrons. The second-order valence-corrected chi connectivity index (χ2v) is 5.67. The molecule has 0 aromatic heterocycles. The molecule has 0 amide bonds. The van der Waals surface area contributed by atoms with E-state index in [1.807, 2.05) is 38.1 Å². The first-order valence-electron chi connectivity index (χ1n) is 6.20. The number of aliphatic hydroxyl groups is 1. The van der Waals surface area contributed by atoms with Crippen molar-refractivity contribution in [2.24, 2.45) is 0 Å². The molecule has 1 atom stereocenters. The summed E-state index contributed by atoms with van der Waals surface area (Å²) in [6.07, 6.45) is -0.534. The van der Waals surface area contributed by atoms with E-state index in [1.165, 1.54) is 29.5 Å². The maximum absolute atomic E-state index is 13.1. The molecule has 2 aromatic carbocycles. The molecule has 2 rings (SSSR count). The minimum absolute atomic E-state index is 0.244. The fourth-order valence-electron chi connectivity index (χ4n) is 1.96. The number of halogens is 1. The summed E-state index contributed by atoms with van der Waals surface area (Å²) in [6.45, 7) is 4.05. The van der Waals surface area contributed by atoms with E-state index in [0.29, 0.717) is 5.75 Å². The predicted octanol–water partition coefficient (Wildman–Crippen LogP) is 4.27. The molecule has 0 heterocycles. The molecule has 2 aromatic rings. The standard InChI is InChI=1S/C16H17FOS/c1-11-5-3-8-15(12(11)2)16(18)10-19-14-7-4-6-13(17)9-14/h3-9,16,18H,10H2,1-2H3. The fraction of sp³-hybridized carbons (Fsp3) is 0.250. The van der Waals surface area contributed by atoms with E-state index in [2.05, 4.69) is 0 Å². The van der Waals surface area contributed by atoms with Gasteiger partial charge in [-0.2, -0.15) is 0 Å². The minimum atomic E-state index is -0.534. The van der Waals surface area contributed by atoms with Gasteiger partial charge in [-0.3, -0.25) is 0 Å². The van der Waals surface area contributed by atoms with Crippen molar-refractivity contribution in [3.05, 3.63) is 65.0 Å². The van der Waals surface area contributed by atoms with Gasteiger partial charge in [-0.1, -0.05) is 24.3 Å². The molecule has 3 heteroatoms. The predicted molar refractivity (Wildman–Crippen MR) is 78.0 cm³/mol. The smallest absolute Gasteiger partial charge is 0.124 e. The van der Waals surface area contributed by atoms with Gasteiger partial charge in [-0.05, 0) is 48.7 Å². The highest BCUT2D eigenvalue weighted by Gasteiger charge is 2.12. The van der Waals surface area contributed by atoms with Crippen LogP contribution in [0.4, 0.5) is 4.39 Å². The van der Waals surface area contributed by atoms with Gasteiger partial charge in [0.05, 0.1) is 6.10 Å². The Balaban J connectivity index is 2.05. The zero-order valence-corrected chi connectivity index (χ0v) is 11.9. The molecule has 1 unspecified atom stereocenters. The molecule has 1 N–H and O–H groups in total. The van der Waals surface area contributed by atoms with Crippen LogP contribution in [0.25, 0.3) is 0 Å². The SMILES string of the molecule is Cc1cccc(C(O)CSc2cccc(F)c2)c1C. The summed E-state index contributed by atoms with van der Waals surface area (Å²) in [6, 6.07) is 12.4. The second-order valence-electron chi connectivity index (χ2n) is 4.57. The molecule has 0 aliphatic rings. The van der Waals surface area contributed by atoms with Gasteiger partial charge in [0.2, 0.25) is 0 Å². The zero-order valence-electron chi connectivity index (χ0n) is 11.1. The van der Waals surface area contributed by atoms with E-state index in [0.717, 1.165) is 16.0 Å². The average Bonchev–Trinajstić information content (AvgIpc) is 2.39. The maximum atomic E-state index is 13.1. The molecule has 0 spiro atoms. The number of hydrogen-bond donors (Lipinski definition) is 1. The van der Waals surface area contributed by atoms with E-state index in [-0.39, 0.29) is 5.82 Å². The van der Waals surface area contributed by atoms with Crippen molar-refractivity contribution in [2.75, 3.05) is 5.75 Å². The minimum Gasteiger partial charge on any atom is -0.388 e. The topological polar surface area (TPSA) is 20.2 Å². The molecular weight excluding hydrogens is 259 g/mol. The van der Waals surface area contributed by atoms with Crippen LogP contribution in [0.15, 0.2) is 47.4 Å². The Morgan fingerprint density at radius 2 is 1.89 bits per heavy atom. The summed E-state index contributed by atoms with van der Waals surface area (Å²) in [7, 11) is 0. The van der Waals surface area contributed by atoms with Crippen LogP contribution in [0.3, 0.4) is 0 Å². The number of rotatable bonds is 4. The number of thioether (sulfide) groups is 1. The third kappa shape index (κ3) is 3.58. The maximum Gasteiger partial charge on any atom is 0.124 e. The number of benzene rings is 2. The van der Waals surface area contributed by atoms with Gasteiger partial charge >= 0.3 is 0 Å². The van der Waals surface area contributed by atoms with Gasteiger partial charge in [-0.25, -0.2) is 4.39 Å². The monoisotopic (exact) mass is 276 g/mol. The quantitative estimate of drug-likeness (QED) is 0.842. The highest BCUT2D eigenvalue weighted by molar-refractivity contribution is 7.99. The van der Waals surface area contributed by atoms with Crippen molar-refractivity contribution < 1.29 is 9.50 Å². The Labute approximate surface area is 117 Å². The van der Waals surface area contributed by atoms with Gasteiger partial charge in [0, 0.05) is 10.6 Å². The van der Waals surface area contributed by atoms with Crippen molar-refractivity contribution >= 4 is 11.8 Å². The Bertz CT molecular complexity index is 568.